The van der Waals surface area contributed by atoms with Crippen molar-refractivity contribution in [2.24, 2.45) is 0 Å². The third-order valence-electron chi connectivity index (χ3n) is 5.37. The van der Waals surface area contributed by atoms with E-state index in [4.69, 9.17) is 17.3 Å². The summed E-state index contributed by atoms with van der Waals surface area (Å²) in [7, 11) is 0. The van der Waals surface area contributed by atoms with Gasteiger partial charge in [-0.25, -0.2) is 4.98 Å². The third-order valence-corrected chi connectivity index (χ3v) is 5.60. The Morgan fingerprint density at radius 3 is 2.56 bits per heavy atom. The number of piperazine rings is 1. The van der Waals surface area contributed by atoms with E-state index in [0.717, 1.165) is 36.2 Å². The van der Waals surface area contributed by atoms with Crippen molar-refractivity contribution in [2.75, 3.05) is 23.7 Å². The zero-order valence-corrected chi connectivity index (χ0v) is 16.4. The number of rotatable bonds is 3. The van der Waals surface area contributed by atoms with Gasteiger partial charge < -0.3 is 10.6 Å². The summed E-state index contributed by atoms with van der Waals surface area (Å²) in [6, 6.07) is 12.9. The molecule has 27 heavy (non-hydrogen) atoms. The zero-order chi connectivity index (χ0) is 19.0. The minimum Gasteiger partial charge on any atom is -0.397 e. The number of nitrogen functional groups attached to an aromatic ring is 1. The van der Waals surface area contributed by atoms with Crippen LogP contribution in [0.3, 0.4) is 0 Å². The van der Waals surface area contributed by atoms with Crippen molar-refractivity contribution in [1.82, 2.24) is 14.9 Å². The minimum atomic E-state index is 0.411. The van der Waals surface area contributed by atoms with E-state index in [9.17, 15) is 0 Å². The highest BCUT2D eigenvalue weighted by atomic mass is 35.5. The highest BCUT2D eigenvalue weighted by molar-refractivity contribution is 6.29. The van der Waals surface area contributed by atoms with Gasteiger partial charge in [-0.3, -0.25) is 9.88 Å². The Labute approximate surface area is 164 Å². The molecule has 4 rings (SSSR count). The quantitative estimate of drug-likeness (QED) is 0.549. The molecule has 1 fully saturated rings. The molecule has 0 radical (unpaired) electrons. The first-order chi connectivity index (χ1) is 13.0. The molecule has 0 amide bonds. The number of benzene rings is 1. The van der Waals surface area contributed by atoms with Crippen molar-refractivity contribution in [2.45, 2.75) is 32.5 Å². The molecule has 2 aromatic heterocycles. The fourth-order valence-corrected chi connectivity index (χ4v) is 4.14. The zero-order valence-electron chi connectivity index (χ0n) is 15.6. The predicted molar refractivity (Wildman–Crippen MR) is 112 cm³/mol. The Bertz CT molecular complexity index is 931. The lowest BCUT2D eigenvalue weighted by atomic mass is 10.0. The molecule has 0 unspecified atom stereocenters. The first-order valence-corrected chi connectivity index (χ1v) is 9.65. The molecule has 5 nitrogen and oxygen atoms in total. The molecule has 0 bridgehead atoms. The molecule has 2 N–H and O–H groups in total. The number of fused-ring (bicyclic) bond motifs is 1. The van der Waals surface area contributed by atoms with Crippen LogP contribution in [0.2, 0.25) is 5.15 Å². The van der Waals surface area contributed by atoms with Gasteiger partial charge in [0.1, 0.15) is 5.15 Å². The van der Waals surface area contributed by atoms with Crippen LogP contribution < -0.4 is 10.6 Å². The van der Waals surface area contributed by atoms with Gasteiger partial charge in [0.05, 0.1) is 11.2 Å². The van der Waals surface area contributed by atoms with Crippen LogP contribution in [0.1, 0.15) is 19.4 Å². The van der Waals surface area contributed by atoms with Crippen molar-refractivity contribution in [3.63, 3.8) is 0 Å². The fraction of sp³-hybridized carbons (Fsp3) is 0.333. The minimum absolute atomic E-state index is 0.411. The number of anilines is 2. The third kappa shape index (κ3) is 3.57. The predicted octanol–water partition coefficient (Wildman–Crippen LogP) is 3.96. The lowest BCUT2D eigenvalue weighted by Crippen LogP contribution is -2.56. The van der Waals surface area contributed by atoms with Crippen LogP contribution in [0.25, 0.3) is 10.9 Å². The molecule has 6 heteroatoms. The lowest BCUT2D eigenvalue weighted by molar-refractivity contribution is 0.123. The second-order valence-electron chi connectivity index (χ2n) is 7.34. The van der Waals surface area contributed by atoms with Gasteiger partial charge in [-0.15, -0.1) is 0 Å². The Morgan fingerprint density at radius 1 is 1.07 bits per heavy atom. The molecule has 3 heterocycles. The summed E-state index contributed by atoms with van der Waals surface area (Å²) in [6.45, 7) is 7.36. The van der Waals surface area contributed by atoms with Crippen molar-refractivity contribution >= 4 is 33.9 Å². The molecular weight excluding hydrogens is 358 g/mol. The SMILES string of the molecule is C[C@@H]1CN(c2ccc(N)c3ncccc23)C[C@H](C)N1Cc1ccc(Cl)nc1. The molecule has 2 atom stereocenters. The average molecular weight is 382 g/mol. The first kappa shape index (κ1) is 18.0. The van der Waals surface area contributed by atoms with Gasteiger partial charge >= 0.3 is 0 Å². The van der Waals surface area contributed by atoms with E-state index in [1.54, 1.807) is 6.20 Å². The number of hydrogen-bond acceptors (Lipinski definition) is 5. The van der Waals surface area contributed by atoms with Gasteiger partial charge in [0.25, 0.3) is 0 Å². The molecule has 0 saturated carbocycles. The van der Waals surface area contributed by atoms with E-state index in [2.05, 4.69) is 51.8 Å². The lowest BCUT2D eigenvalue weighted by Gasteiger charge is -2.45. The number of pyridine rings is 2. The Balaban J connectivity index is 1.57. The molecule has 1 saturated heterocycles. The summed E-state index contributed by atoms with van der Waals surface area (Å²) in [6.07, 6.45) is 3.67. The van der Waals surface area contributed by atoms with E-state index in [0.29, 0.717) is 17.2 Å². The second kappa shape index (κ2) is 7.33. The maximum atomic E-state index is 6.12. The van der Waals surface area contributed by atoms with Crippen molar-refractivity contribution in [1.29, 1.82) is 0 Å². The van der Waals surface area contributed by atoms with Crippen LogP contribution in [0.4, 0.5) is 11.4 Å². The normalized spacial score (nSPS) is 20.9. The van der Waals surface area contributed by atoms with Crippen LogP contribution in [0.15, 0.2) is 48.8 Å². The van der Waals surface area contributed by atoms with E-state index < -0.39 is 0 Å². The summed E-state index contributed by atoms with van der Waals surface area (Å²) >= 11 is 5.91. The Hall–Kier alpha value is -2.37. The number of hydrogen-bond donors (Lipinski definition) is 1. The molecule has 1 aliphatic heterocycles. The molecule has 3 aromatic rings. The van der Waals surface area contributed by atoms with Gasteiger partial charge in [-0.1, -0.05) is 17.7 Å². The van der Waals surface area contributed by atoms with E-state index >= 15 is 0 Å². The van der Waals surface area contributed by atoms with Crippen LogP contribution in [0, 0.1) is 0 Å². The molecule has 0 aliphatic carbocycles. The number of aromatic nitrogens is 2. The summed E-state index contributed by atoms with van der Waals surface area (Å²) in [5.74, 6) is 0. The molecule has 1 aliphatic rings. The Kier molecular flexibility index (Phi) is 4.89. The van der Waals surface area contributed by atoms with Crippen LogP contribution in [0.5, 0.6) is 0 Å². The van der Waals surface area contributed by atoms with Crippen LogP contribution in [-0.2, 0) is 6.54 Å². The van der Waals surface area contributed by atoms with E-state index in [1.807, 2.05) is 24.4 Å². The van der Waals surface area contributed by atoms with E-state index in [-0.39, 0.29) is 0 Å². The molecular formula is C21H24ClN5. The molecule has 140 valence electrons. The van der Waals surface area contributed by atoms with Crippen molar-refractivity contribution in [3.05, 3.63) is 59.5 Å². The van der Waals surface area contributed by atoms with Crippen LogP contribution >= 0.6 is 11.6 Å². The summed E-state index contributed by atoms with van der Waals surface area (Å²) in [4.78, 5) is 13.7. The topological polar surface area (TPSA) is 58.3 Å². The van der Waals surface area contributed by atoms with Gasteiger partial charge in [0, 0.05) is 55.2 Å². The maximum Gasteiger partial charge on any atom is 0.129 e. The fourth-order valence-electron chi connectivity index (χ4n) is 4.03. The molecule has 1 aromatic carbocycles. The van der Waals surface area contributed by atoms with Gasteiger partial charge in [0.15, 0.2) is 0 Å². The second-order valence-corrected chi connectivity index (χ2v) is 7.73. The Morgan fingerprint density at radius 2 is 1.85 bits per heavy atom. The van der Waals surface area contributed by atoms with Gasteiger partial charge in [-0.2, -0.15) is 0 Å². The number of nitrogens with zero attached hydrogens (tertiary/aromatic N) is 4. The number of nitrogens with two attached hydrogens (primary N) is 1. The largest absolute Gasteiger partial charge is 0.397 e. The molecule has 0 spiro atoms. The number of halogens is 1. The monoisotopic (exact) mass is 381 g/mol. The summed E-state index contributed by atoms with van der Waals surface area (Å²) < 4.78 is 0. The summed E-state index contributed by atoms with van der Waals surface area (Å²) in [5, 5.41) is 1.65. The van der Waals surface area contributed by atoms with Gasteiger partial charge in [0.2, 0.25) is 0 Å². The summed E-state index contributed by atoms with van der Waals surface area (Å²) in [5.41, 5.74) is 10.1. The maximum absolute atomic E-state index is 6.12. The standard InChI is InChI=1S/C21H24ClN5/c1-14-11-26(19-7-6-18(23)21-17(19)4-3-9-24-21)12-15(2)27(14)13-16-5-8-20(22)25-10-16/h3-10,14-15H,11-13,23H2,1-2H3/t14-,15+. The highest BCUT2D eigenvalue weighted by Crippen LogP contribution is 2.32. The van der Waals surface area contributed by atoms with Crippen LogP contribution in [-0.4, -0.2) is 40.0 Å². The van der Waals surface area contributed by atoms with Gasteiger partial charge in [-0.05, 0) is 49.7 Å². The smallest absolute Gasteiger partial charge is 0.129 e. The van der Waals surface area contributed by atoms with E-state index in [1.165, 1.54) is 11.3 Å². The van der Waals surface area contributed by atoms with Crippen molar-refractivity contribution in [3.8, 4) is 0 Å². The van der Waals surface area contributed by atoms with Crippen molar-refractivity contribution < 1.29 is 0 Å². The average Bonchev–Trinajstić information content (AvgIpc) is 2.66. The first-order valence-electron chi connectivity index (χ1n) is 9.27. The highest BCUT2D eigenvalue weighted by Gasteiger charge is 2.30.